The summed E-state index contributed by atoms with van der Waals surface area (Å²) in [6, 6.07) is 0.504. The number of hydrogen-bond donors (Lipinski definition) is 1. The van der Waals surface area contributed by atoms with E-state index in [2.05, 4.69) is 19.2 Å². The second-order valence-corrected chi connectivity index (χ2v) is 8.39. The first-order valence-electron chi connectivity index (χ1n) is 6.11. The Bertz CT molecular complexity index is 315. The first-order valence-corrected chi connectivity index (χ1v) is 9.66. The molecular weight excluding hydrogens is 258 g/mol. The summed E-state index contributed by atoms with van der Waals surface area (Å²) in [5.41, 5.74) is 0. The van der Waals surface area contributed by atoms with E-state index in [4.69, 9.17) is 0 Å². The summed E-state index contributed by atoms with van der Waals surface area (Å²) >= 11 is 0. The minimum absolute atomic E-state index is 0.0351. The molecule has 0 saturated heterocycles. The Morgan fingerprint density at radius 2 is 1.88 bits per heavy atom. The number of hydrogen-bond acceptors (Lipinski definition) is 4. The molecule has 6 heteroatoms. The molecule has 17 heavy (non-hydrogen) atoms. The lowest BCUT2D eigenvalue weighted by Crippen LogP contribution is -2.25. The van der Waals surface area contributed by atoms with Crippen LogP contribution in [0.2, 0.25) is 0 Å². The lowest BCUT2D eigenvalue weighted by molar-refractivity contribution is 0.509. The molecule has 2 atom stereocenters. The second kappa shape index (κ2) is 9.05. The maximum absolute atomic E-state index is 11.5. The van der Waals surface area contributed by atoms with Gasteiger partial charge >= 0.3 is 0 Å². The minimum Gasteiger partial charge on any atom is -0.315 e. The van der Waals surface area contributed by atoms with Gasteiger partial charge in [-0.25, -0.2) is 8.42 Å². The van der Waals surface area contributed by atoms with Crippen molar-refractivity contribution in [1.82, 2.24) is 5.32 Å². The van der Waals surface area contributed by atoms with Crippen molar-refractivity contribution in [3.8, 4) is 0 Å². The molecule has 0 aromatic heterocycles. The molecule has 1 N–H and O–H groups in total. The van der Waals surface area contributed by atoms with Crippen LogP contribution in [0.15, 0.2) is 0 Å². The Hall–Kier alpha value is 0.0600. The topological polar surface area (TPSA) is 63.2 Å². The van der Waals surface area contributed by atoms with Crippen LogP contribution < -0.4 is 5.32 Å². The van der Waals surface area contributed by atoms with Crippen molar-refractivity contribution in [3.63, 3.8) is 0 Å². The molecule has 104 valence electrons. The van der Waals surface area contributed by atoms with Crippen molar-refractivity contribution in [2.75, 3.05) is 30.1 Å². The van der Waals surface area contributed by atoms with E-state index in [0.29, 0.717) is 11.8 Å². The van der Waals surface area contributed by atoms with Crippen LogP contribution >= 0.6 is 0 Å². The zero-order chi connectivity index (χ0) is 13.3. The zero-order valence-electron chi connectivity index (χ0n) is 11.1. The highest BCUT2D eigenvalue weighted by Crippen LogP contribution is 2.02. The third-order valence-corrected chi connectivity index (χ3v) is 5.10. The predicted molar refractivity (Wildman–Crippen MR) is 74.6 cm³/mol. The van der Waals surface area contributed by atoms with Crippen LogP contribution in [-0.4, -0.2) is 48.7 Å². The highest BCUT2D eigenvalue weighted by Gasteiger charge is 2.07. The fourth-order valence-corrected chi connectivity index (χ4v) is 4.20. The molecule has 0 spiro atoms. The van der Waals surface area contributed by atoms with E-state index in [1.165, 1.54) is 6.26 Å². The van der Waals surface area contributed by atoms with E-state index >= 15 is 0 Å². The molecule has 0 aliphatic heterocycles. The van der Waals surface area contributed by atoms with Gasteiger partial charge in [0.25, 0.3) is 0 Å². The van der Waals surface area contributed by atoms with Crippen LogP contribution in [0, 0.1) is 0 Å². The van der Waals surface area contributed by atoms with E-state index in [9.17, 15) is 12.6 Å². The van der Waals surface area contributed by atoms with Crippen molar-refractivity contribution >= 4 is 20.6 Å². The van der Waals surface area contributed by atoms with E-state index in [0.717, 1.165) is 25.8 Å². The summed E-state index contributed by atoms with van der Waals surface area (Å²) in [6.45, 7) is 5.20. The molecular formula is C11H25NO3S2. The normalized spacial score (nSPS) is 15.7. The SMILES string of the molecule is CCNC(C)CCCCS(=O)CCS(C)(=O)=O. The van der Waals surface area contributed by atoms with Gasteiger partial charge < -0.3 is 5.32 Å². The van der Waals surface area contributed by atoms with Crippen LogP contribution in [0.5, 0.6) is 0 Å². The van der Waals surface area contributed by atoms with Crippen LogP contribution in [0.4, 0.5) is 0 Å². The molecule has 0 amide bonds. The maximum Gasteiger partial charge on any atom is 0.148 e. The Kier molecular flexibility index (Phi) is 9.08. The first kappa shape index (κ1) is 17.1. The van der Waals surface area contributed by atoms with Gasteiger partial charge in [0.1, 0.15) is 9.84 Å². The van der Waals surface area contributed by atoms with Crippen LogP contribution in [-0.2, 0) is 20.6 Å². The number of nitrogens with one attached hydrogen (secondary N) is 1. The molecule has 0 rings (SSSR count). The van der Waals surface area contributed by atoms with Gasteiger partial charge in [-0.1, -0.05) is 13.3 Å². The van der Waals surface area contributed by atoms with Gasteiger partial charge in [-0.15, -0.1) is 0 Å². The van der Waals surface area contributed by atoms with Crippen molar-refractivity contribution < 1.29 is 12.6 Å². The summed E-state index contributed by atoms with van der Waals surface area (Å²) in [6.07, 6.45) is 4.21. The van der Waals surface area contributed by atoms with Crippen molar-refractivity contribution in [2.45, 2.75) is 39.2 Å². The van der Waals surface area contributed by atoms with Gasteiger partial charge in [-0.05, 0) is 26.3 Å². The smallest absolute Gasteiger partial charge is 0.148 e. The second-order valence-electron chi connectivity index (χ2n) is 4.43. The van der Waals surface area contributed by atoms with Gasteiger partial charge in [-0.3, -0.25) is 4.21 Å². The number of sulfone groups is 1. The molecule has 0 aliphatic carbocycles. The van der Waals surface area contributed by atoms with Gasteiger partial charge in [0.15, 0.2) is 0 Å². The molecule has 0 radical (unpaired) electrons. The van der Waals surface area contributed by atoms with E-state index in [1.807, 2.05) is 0 Å². The molecule has 0 aromatic rings. The molecule has 0 saturated carbocycles. The summed E-state index contributed by atoms with van der Waals surface area (Å²) in [5.74, 6) is 0.934. The van der Waals surface area contributed by atoms with Gasteiger partial charge in [-0.2, -0.15) is 0 Å². The summed E-state index contributed by atoms with van der Waals surface area (Å²) < 4.78 is 33.3. The molecule has 0 bridgehead atoms. The van der Waals surface area contributed by atoms with Crippen molar-refractivity contribution in [2.24, 2.45) is 0 Å². The first-order chi connectivity index (χ1) is 7.85. The lowest BCUT2D eigenvalue weighted by Gasteiger charge is -2.11. The molecule has 0 heterocycles. The predicted octanol–water partition coefficient (Wildman–Crippen LogP) is 0.948. The standard InChI is InChI=1S/C11H25NO3S2/c1-4-12-11(2)7-5-6-8-16(13)9-10-17(3,14)15/h11-12H,4-10H2,1-3H3. The quantitative estimate of drug-likeness (QED) is 0.606. The van der Waals surface area contributed by atoms with E-state index < -0.39 is 20.6 Å². The Labute approximate surface area is 108 Å². The highest BCUT2D eigenvalue weighted by molar-refractivity contribution is 7.92. The minimum atomic E-state index is -2.97. The molecule has 4 nitrogen and oxygen atoms in total. The average Bonchev–Trinajstić information content (AvgIpc) is 2.21. The summed E-state index contributed by atoms with van der Waals surface area (Å²) in [7, 11) is -3.96. The van der Waals surface area contributed by atoms with Crippen LogP contribution in [0.25, 0.3) is 0 Å². The fraction of sp³-hybridized carbons (Fsp3) is 1.00. The summed E-state index contributed by atoms with van der Waals surface area (Å²) in [5, 5.41) is 3.32. The van der Waals surface area contributed by atoms with Crippen LogP contribution in [0.1, 0.15) is 33.1 Å². The molecule has 0 aromatic carbocycles. The molecule has 2 unspecified atom stereocenters. The zero-order valence-corrected chi connectivity index (χ0v) is 12.7. The van der Waals surface area contributed by atoms with Gasteiger partial charge in [0, 0.05) is 34.6 Å². The monoisotopic (exact) mass is 283 g/mol. The molecule has 0 fully saturated rings. The Morgan fingerprint density at radius 1 is 1.24 bits per heavy atom. The van der Waals surface area contributed by atoms with Crippen molar-refractivity contribution in [1.29, 1.82) is 0 Å². The lowest BCUT2D eigenvalue weighted by atomic mass is 10.1. The third kappa shape index (κ3) is 12.3. The van der Waals surface area contributed by atoms with E-state index in [1.54, 1.807) is 0 Å². The Morgan fingerprint density at radius 3 is 2.41 bits per heavy atom. The van der Waals surface area contributed by atoms with Gasteiger partial charge in [0.2, 0.25) is 0 Å². The Balaban J connectivity index is 3.52. The largest absolute Gasteiger partial charge is 0.315 e. The number of unbranched alkanes of at least 4 members (excludes halogenated alkanes) is 1. The molecule has 0 aliphatic rings. The van der Waals surface area contributed by atoms with Crippen molar-refractivity contribution in [3.05, 3.63) is 0 Å². The fourth-order valence-electron chi connectivity index (χ4n) is 1.51. The van der Waals surface area contributed by atoms with E-state index in [-0.39, 0.29) is 11.5 Å². The summed E-state index contributed by atoms with van der Waals surface area (Å²) in [4.78, 5) is 0. The average molecular weight is 283 g/mol. The van der Waals surface area contributed by atoms with Gasteiger partial charge in [0.05, 0.1) is 5.75 Å². The maximum atomic E-state index is 11.5. The highest BCUT2D eigenvalue weighted by atomic mass is 32.2. The van der Waals surface area contributed by atoms with Crippen LogP contribution in [0.3, 0.4) is 0 Å². The number of rotatable bonds is 10. The third-order valence-electron chi connectivity index (χ3n) is 2.49.